The lowest BCUT2D eigenvalue weighted by molar-refractivity contribution is -0.0440. The van der Waals surface area contributed by atoms with Crippen molar-refractivity contribution in [3.63, 3.8) is 0 Å². The first-order valence-electron chi connectivity index (χ1n) is 7.21. The fourth-order valence-corrected chi connectivity index (χ4v) is 3.86. The lowest BCUT2D eigenvalue weighted by Crippen LogP contribution is -2.49. The van der Waals surface area contributed by atoms with Crippen molar-refractivity contribution in [1.29, 1.82) is 0 Å². The summed E-state index contributed by atoms with van der Waals surface area (Å²) in [5.74, 6) is -0.509. The molecule has 0 radical (unpaired) electrons. The molecule has 0 spiro atoms. The number of sulfonamides is 1. The van der Waals surface area contributed by atoms with Gasteiger partial charge in [0.05, 0.1) is 18.0 Å². The molecule has 1 aromatic rings. The number of hydrogen-bond donors (Lipinski definition) is 1. The summed E-state index contributed by atoms with van der Waals surface area (Å²) in [7, 11) is -3.41. The first kappa shape index (κ1) is 16.9. The summed E-state index contributed by atoms with van der Waals surface area (Å²) in [5, 5.41) is 2.58. The minimum absolute atomic E-state index is 0.0534. The van der Waals surface area contributed by atoms with Crippen molar-refractivity contribution in [1.82, 2.24) is 14.6 Å². The molecule has 0 bridgehead atoms. The first-order chi connectivity index (χ1) is 10.4. The molecular weight excluding hydrogens is 306 g/mol. The predicted octanol–water partition coefficient (Wildman–Crippen LogP) is 0.250. The van der Waals surface area contributed by atoms with Gasteiger partial charge in [0, 0.05) is 25.8 Å². The van der Waals surface area contributed by atoms with Crippen LogP contribution < -0.4 is 5.32 Å². The Morgan fingerprint density at radius 1 is 1.36 bits per heavy atom. The van der Waals surface area contributed by atoms with E-state index in [1.54, 1.807) is 18.2 Å². The van der Waals surface area contributed by atoms with Crippen molar-refractivity contribution in [2.24, 2.45) is 0 Å². The molecule has 8 heteroatoms. The average molecular weight is 327 g/mol. The quantitative estimate of drug-likeness (QED) is 0.837. The van der Waals surface area contributed by atoms with Gasteiger partial charge >= 0.3 is 0 Å². The maximum absolute atomic E-state index is 12.3. The number of hydrogen-bond acceptors (Lipinski definition) is 5. The number of ether oxygens (including phenoxy) is 1. The van der Waals surface area contributed by atoms with Gasteiger partial charge < -0.3 is 10.1 Å². The summed E-state index contributed by atoms with van der Waals surface area (Å²) >= 11 is 0. The molecule has 1 fully saturated rings. The molecule has 1 aliphatic rings. The van der Waals surface area contributed by atoms with E-state index >= 15 is 0 Å². The zero-order valence-electron chi connectivity index (χ0n) is 12.7. The number of morpholine rings is 1. The number of nitrogens with one attached hydrogen (secondary N) is 1. The van der Waals surface area contributed by atoms with Gasteiger partial charge in [0.25, 0.3) is 5.91 Å². The van der Waals surface area contributed by atoms with Crippen LogP contribution >= 0.6 is 0 Å². The van der Waals surface area contributed by atoms with E-state index in [0.717, 1.165) is 0 Å². The molecule has 22 heavy (non-hydrogen) atoms. The number of aromatic nitrogens is 1. The minimum atomic E-state index is -3.41. The summed E-state index contributed by atoms with van der Waals surface area (Å²) in [5.41, 5.74) is 0.272. The van der Waals surface area contributed by atoms with E-state index in [-0.39, 0.29) is 36.1 Å². The van der Waals surface area contributed by atoms with E-state index in [2.05, 4.69) is 10.3 Å². The molecule has 0 aliphatic carbocycles. The summed E-state index contributed by atoms with van der Waals surface area (Å²) in [6, 6.07) is 4.99. The fourth-order valence-electron chi connectivity index (χ4n) is 2.37. The third-order valence-electron chi connectivity index (χ3n) is 3.32. The molecule has 2 rings (SSSR count). The predicted molar refractivity (Wildman–Crippen MR) is 81.9 cm³/mol. The Balaban J connectivity index is 1.86. The Morgan fingerprint density at radius 3 is 2.64 bits per heavy atom. The van der Waals surface area contributed by atoms with E-state index in [1.165, 1.54) is 10.5 Å². The van der Waals surface area contributed by atoms with Gasteiger partial charge in [0.1, 0.15) is 5.69 Å². The number of pyridine rings is 1. The molecule has 1 N–H and O–H groups in total. The molecule has 1 amide bonds. The van der Waals surface area contributed by atoms with Crippen molar-refractivity contribution >= 4 is 15.9 Å². The second-order valence-corrected chi connectivity index (χ2v) is 7.45. The van der Waals surface area contributed by atoms with Gasteiger partial charge in [-0.05, 0) is 26.0 Å². The van der Waals surface area contributed by atoms with Crippen LogP contribution in [0, 0.1) is 0 Å². The van der Waals surface area contributed by atoms with Crippen LogP contribution in [0.25, 0.3) is 0 Å². The largest absolute Gasteiger partial charge is 0.373 e. The summed E-state index contributed by atoms with van der Waals surface area (Å²) in [4.78, 5) is 15.7. The summed E-state index contributed by atoms with van der Waals surface area (Å²) in [6.45, 7) is 4.45. The molecule has 0 saturated carbocycles. The smallest absolute Gasteiger partial charge is 0.269 e. The second kappa shape index (κ2) is 7.17. The third-order valence-corrected chi connectivity index (χ3v) is 5.13. The van der Waals surface area contributed by atoms with E-state index in [0.29, 0.717) is 13.1 Å². The Hall–Kier alpha value is -1.51. The van der Waals surface area contributed by atoms with E-state index in [4.69, 9.17) is 4.74 Å². The van der Waals surface area contributed by atoms with E-state index in [1.807, 2.05) is 13.8 Å². The van der Waals surface area contributed by atoms with Crippen LogP contribution in [0.1, 0.15) is 24.3 Å². The summed E-state index contributed by atoms with van der Waals surface area (Å²) in [6.07, 6.45) is 1.27. The fraction of sp³-hybridized carbons (Fsp3) is 0.571. The van der Waals surface area contributed by atoms with Crippen LogP contribution in [-0.2, 0) is 14.8 Å². The third kappa shape index (κ3) is 4.49. The summed E-state index contributed by atoms with van der Waals surface area (Å²) < 4.78 is 31.6. The van der Waals surface area contributed by atoms with Crippen LogP contribution in [0.4, 0.5) is 0 Å². The van der Waals surface area contributed by atoms with Crippen molar-refractivity contribution in [2.75, 3.05) is 25.4 Å². The molecule has 1 saturated heterocycles. The number of carbonyl (C=O) groups excluding carboxylic acids is 1. The lowest BCUT2D eigenvalue weighted by atomic mass is 10.3. The van der Waals surface area contributed by atoms with Crippen molar-refractivity contribution < 1.29 is 17.9 Å². The minimum Gasteiger partial charge on any atom is -0.373 e. The van der Waals surface area contributed by atoms with Crippen LogP contribution in [0.2, 0.25) is 0 Å². The Bertz CT molecular complexity index is 596. The van der Waals surface area contributed by atoms with Gasteiger partial charge in [-0.3, -0.25) is 9.78 Å². The average Bonchev–Trinajstić information content (AvgIpc) is 2.47. The zero-order chi connectivity index (χ0) is 16.2. The molecule has 2 atom stereocenters. The molecule has 122 valence electrons. The van der Waals surface area contributed by atoms with Crippen molar-refractivity contribution in [2.45, 2.75) is 26.1 Å². The van der Waals surface area contributed by atoms with E-state index in [9.17, 15) is 13.2 Å². The SMILES string of the molecule is C[C@@H]1CN(S(=O)(=O)CCNC(=O)c2ccccn2)C[C@H](C)O1. The maximum Gasteiger partial charge on any atom is 0.269 e. The van der Waals surface area contributed by atoms with Crippen molar-refractivity contribution in [3.05, 3.63) is 30.1 Å². The Kier molecular flexibility index (Phi) is 5.49. The second-order valence-electron chi connectivity index (χ2n) is 5.36. The number of nitrogens with zero attached hydrogens (tertiary/aromatic N) is 2. The zero-order valence-corrected chi connectivity index (χ0v) is 13.5. The van der Waals surface area contributed by atoms with Gasteiger partial charge in [-0.1, -0.05) is 6.07 Å². The highest BCUT2D eigenvalue weighted by Crippen LogP contribution is 2.14. The number of rotatable bonds is 5. The maximum atomic E-state index is 12.3. The van der Waals surface area contributed by atoms with Crippen LogP contribution in [0.15, 0.2) is 24.4 Å². The van der Waals surface area contributed by atoms with Crippen molar-refractivity contribution in [3.8, 4) is 0 Å². The monoisotopic (exact) mass is 327 g/mol. The molecule has 1 aromatic heterocycles. The molecule has 2 heterocycles. The number of carbonyl (C=O) groups is 1. The highest BCUT2D eigenvalue weighted by atomic mass is 32.2. The van der Waals surface area contributed by atoms with Gasteiger partial charge in [-0.15, -0.1) is 0 Å². The van der Waals surface area contributed by atoms with Gasteiger partial charge in [0.2, 0.25) is 10.0 Å². The highest BCUT2D eigenvalue weighted by Gasteiger charge is 2.30. The standard InChI is InChI=1S/C14H21N3O4S/c1-11-9-17(10-12(2)21-11)22(19,20)8-7-16-14(18)13-5-3-4-6-15-13/h3-6,11-12H,7-10H2,1-2H3,(H,16,18)/t11-,12+. The van der Waals surface area contributed by atoms with Gasteiger partial charge in [-0.25, -0.2) is 8.42 Å². The van der Waals surface area contributed by atoms with Crippen LogP contribution in [0.3, 0.4) is 0 Å². The topological polar surface area (TPSA) is 88.6 Å². The van der Waals surface area contributed by atoms with Crippen LogP contribution in [0.5, 0.6) is 0 Å². The van der Waals surface area contributed by atoms with Gasteiger partial charge in [-0.2, -0.15) is 4.31 Å². The number of amides is 1. The highest BCUT2D eigenvalue weighted by molar-refractivity contribution is 7.89. The molecule has 1 aliphatic heterocycles. The van der Waals surface area contributed by atoms with Crippen LogP contribution in [-0.4, -0.2) is 61.2 Å². The van der Waals surface area contributed by atoms with Gasteiger partial charge in [0.15, 0.2) is 0 Å². The molecule has 0 unspecified atom stereocenters. The molecule has 0 aromatic carbocycles. The first-order valence-corrected chi connectivity index (χ1v) is 8.82. The normalized spacial score (nSPS) is 23.2. The Morgan fingerprint density at radius 2 is 2.05 bits per heavy atom. The lowest BCUT2D eigenvalue weighted by Gasteiger charge is -2.34. The molecule has 7 nitrogen and oxygen atoms in total. The Labute approximate surface area is 130 Å². The van der Waals surface area contributed by atoms with E-state index < -0.39 is 10.0 Å². The molecular formula is C14H21N3O4S.